The van der Waals surface area contributed by atoms with Crippen LogP contribution in [0.3, 0.4) is 0 Å². The van der Waals surface area contributed by atoms with Gasteiger partial charge in [0.15, 0.2) is 0 Å². The van der Waals surface area contributed by atoms with Crippen LogP contribution in [0.15, 0.2) is 24.3 Å². The minimum atomic E-state index is 0.412. The van der Waals surface area contributed by atoms with E-state index >= 15 is 0 Å². The third kappa shape index (κ3) is 3.73. The second-order valence-electron chi connectivity index (χ2n) is 6.56. The van der Waals surface area contributed by atoms with Gasteiger partial charge in [-0.05, 0) is 55.2 Å². The second kappa shape index (κ2) is 6.28. The maximum Gasteiger partial charge on any atom is 0.0453 e. The number of benzene rings is 1. The van der Waals surface area contributed by atoms with Crippen LogP contribution in [0.1, 0.15) is 58.1 Å². The summed E-state index contributed by atoms with van der Waals surface area (Å²) >= 11 is 6.39. The van der Waals surface area contributed by atoms with Crippen molar-refractivity contribution >= 4 is 11.6 Å². The summed E-state index contributed by atoms with van der Waals surface area (Å²) < 4.78 is 0. The van der Waals surface area contributed by atoms with E-state index < -0.39 is 0 Å². The summed E-state index contributed by atoms with van der Waals surface area (Å²) in [7, 11) is 0. The van der Waals surface area contributed by atoms with Crippen molar-refractivity contribution in [3.8, 4) is 0 Å². The third-order valence-corrected chi connectivity index (χ3v) is 4.86. The van der Waals surface area contributed by atoms with Crippen molar-refractivity contribution in [2.24, 2.45) is 11.3 Å². The van der Waals surface area contributed by atoms with Gasteiger partial charge in [-0.2, -0.15) is 0 Å². The van der Waals surface area contributed by atoms with Crippen molar-refractivity contribution in [1.82, 2.24) is 5.32 Å². The Labute approximate surface area is 122 Å². The average molecular weight is 280 g/mol. The molecule has 0 aliphatic heterocycles. The number of hydrogen-bond donors (Lipinski definition) is 1. The van der Waals surface area contributed by atoms with Gasteiger partial charge in [-0.3, -0.25) is 0 Å². The zero-order valence-corrected chi connectivity index (χ0v) is 13.1. The molecule has 19 heavy (non-hydrogen) atoms. The van der Waals surface area contributed by atoms with Crippen molar-refractivity contribution in [1.29, 1.82) is 0 Å². The first kappa shape index (κ1) is 14.9. The van der Waals surface area contributed by atoms with Crippen LogP contribution in [-0.4, -0.2) is 6.54 Å². The van der Waals surface area contributed by atoms with Gasteiger partial charge in [0.05, 0.1) is 0 Å². The van der Waals surface area contributed by atoms with Crippen molar-refractivity contribution in [2.45, 2.75) is 52.5 Å². The molecule has 1 fully saturated rings. The van der Waals surface area contributed by atoms with Gasteiger partial charge < -0.3 is 5.32 Å². The maximum absolute atomic E-state index is 6.39. The molecular formula is C17H26ClN. The van der Waals surface area contributed by atoms with Gasteiger partial charge in [0.25, 0.3) is 0 Å². The predicted molar refractivity (Wildman–Crippen MR) is 83.6 cm³/mol. The molecule has 2 rings (SSSR count). The molecule has 0 heterocycles. The predicted octanol–water partition coefficient (Wildman–Crippen LogP) is 5.21. The third-order valence-electron chi connectivity index (χ3n) is 4.52. The first-order valence-corrected chi connectivity index (χ1v) is 7.89. The minimum absolute atomic E-state index is 0.412. The molecule has 1 nitrogen and oxygen atoms in total. The molecule has 0 aromatic heterocycles. The molecule has 1 N–H and O–H groups in total. The fraction of sp³-hybridized carbons (Fsp3) is 0.647. The van der Waals surface area contributed by atoms with Crippen LogP contribution < -0.4 is 5.32 Å². The summed E-state index contributed by atoms with van der Waals surface area (Å²) in [6.45, 7) is 7.95. The summed E-state index contributed by atoms with van der Waals surface area (Å²) in [4.78, 5) is 0. The molecule has 0 bridgehead atoms. The van der Waals surface area contributed by atoms with E-state index in [-0.39, 0.29) is 0 Å². The lowest BCUT2D eigenvalue weighted by atomic mass is 9.70. The van der Waals surface area contributed by atoms with E-state index in [0.717, 1.165) is 11.6 Å². The summed E-state index contributed by atoms with van der Waals surface area (Å²) in [6, 6.07) is 8.70. The quantitative estimate of drug-likeness (QED) is 0.798. The zero-order chi connectivity index (χ0) is 13.9. The molecule has 1 aliphatic rings. The Morgan fingerprint density at radius 1 is 1.26 bits per heavy atom. The molecule has 1 unspecified atom stereocenters. The molecule has 1 saturated carbocycles. The van der Waals surface area contributed by atoms with Gasteiger partial charge in [-0.25, -0.2) is 0 Å². The average Bonchev–Trinajstić information content (AvgIpc) is 2.38. The number of nitrogens with one attached hydrogen (secondary N) is 1. The van der Waals surface area contributed by atoms with E-state index in [4.69, 9.17) is 11.6 Å². The molecule has 1 atom stereocenters. The van der Waals surface area contributed by atoms with Crippen LogP contribution in [0.2, 0.25) is 5.02 Å². The molecule has 0 saturated heterocycles. The molecule has 0 amide bonds. The largest absolute Gasteiger partial charge is 0.310 e. The van der Waals surface area contributed by atoms with Crippen molar-refractivity contribution in [3.05, 3.63) is 34.9 Å². The van der Waals surface area contributed by atoms with Crippen LogP contribution in [0, 0.1) is 11.3 Å². The van der Waals surface area contributed by atoms with E-state index in [1.165, 1.54) is 31.2 Å². The van der Waals surface area contributed by atoms with Crippen LogP contribution in [0.5, 0.6) is 0 Å². The minimum Gasteiger partial charge on any atom is -0.310 e. The Balaban J connectivity index is 2.15. The van der Waals surface area contributed by atoms with Gasteiger partial charge in [0.2, 0.25) is 0 Å². The smallest absolute Gasteiger partial charge is 0.0453 e. The van der Waals surface area contributed by atoms with Crippen LogP contribution in [0.25, 0.3) is 0 Å². The normalized spacial score (nSPS) is 21.3. The highest BCUT2D eigenvalue weighted by molar-refractivity contribution is 6.31. The van der Waals surface area contributed by atoms with E-state index in [2.05, 4.69) is 38.2 Å². The Hall–Kier alpha value is -0.530. The zero-order valence-electron chi connectivity index (χ0n) is 12.4. The molecule has 106 valence electrons. The van der Waals surface area contributed by atoms with Gasteiger partial charge in [-0.1, -0.05) is 50.6 Å². The summed E-state index contributed by atoms with van der Waals surface area (Å²) in [6.07, 6.45) is 5.25. The number of hydrogen-bond acceptors (Lipinski definition) is 1. The molecular weight excluding hydrogens is 254 g/mol. The number of halogens is 1. The van der Waals surface area contributed by atoms with Gasteiger partial charge in [0, 0.05) is 11.1 Å². The van der Waals surface area contributed by atoms with Crippen LogP contribution >= 0.6 is 11.6 Å². The second-order valence-corrected chi connectivity index (χ2v) is 6.97. The van der Waals surface area contributed by atoms with E-state index in [1.54, 1.807) is 0 Å². The van der Waals surface area contributed by atoms with Crippen molar-refractivity contribution in [3.63, 3.8) is 0 Å². The van der Waals surface area contributed by atoms with Crippen molar-refractivity contribution in [2.75, 3.05) is 6.54 Å². The Morgan fingerprint density at radius 2 is 1.89 bits per heavy atom. The fourth-order valence-corrected chi connectivity index (χ4v) is 3.49. The highest BCUT2D eigenvalue weighted by Gasteiger charge is 2.32. The van der Waals surface area contributed by atoms with Crippen LogP contribution in [-0.2, 0) is 0 Å². The lowest BCUT2D eigenvalue weighted by Crippen LogP contribution is -2.33. The highest BCUT2D eigenvalue weighted by Crippen LogP contribution is 2.43. The number of rotatable bonds is 4. The monoisotopic (exact) mass is 279 g/mol. The van der Waals surface area contributed by atoms with Gasteiger partial charge >= 0.3 is 0 Å². The molecule has 1 aromatic carbocycles. The first-order valence-electron chi connectivity index (χ1n) is 7.51. The maximum atomic E-state index is 6.39. The van der Waals surface area contributed by atoms with E-state index in [9.17, 15) is 0 Å². The van der Waals surface area contributed by atoms with E-state index in [1.807, 2.05) is 12.1 Å². The first-order chi connectivity index (χ1) is 9.03. The summed E-state index contributed by atoms with van der Waals surface area (Å²) in [5, 5.41) is 4.55. The van der Waals surface area contributed by atoms with Gasteiger partial charge in [0.1, 0.15) is 0 Å². The van der Waals surface area contributed by atoms with Crippen LogP contribution in [0.4, 0.5) is 0 Å². The molecule has 1 aliphatic carbocycles. The summed E-state index contributed by atoms with van der Waals surface area (Å²) in [5.41, 5.74) is 1.80. The molecule has 1 aromatic rings. The van der Waals surface area contributed by atoms with Gasteiger partial charge in [-0.15, -0.1) is 0 Å². The Morgan fingerprint density at radius 3 is 2.47 bits per heavy atom. The van der Waals surface area contributed by atoms with E-state index in [0.29, 0.717) is 17.4 Å². The lowest BCUT2D eigenvalue weighted by Gasteiger charge is -2.38. The molecule has 0 spiro atoms. The lowest BCUT2D eigenvalue weighted by molar-refractivity contribution is 0.162. The Kier molecular flexibility index (Phi) is 4.92. The fourth-order valence-electron chi connectivity index (χ4n) is 3.23. The molecule has 2 heteroatoms. The topological polar surface area (TPSA) is 12.0 Å². The highest BCUT2D eigenvalue weighted by atomic mass is 35.5. The molecule has 0 radical (unpaired) electrons. The Bertz CT molecular complexity index is 403. The SMILES string of the molecule is CCNC(c1ccccc1Cl)C1CCC(C)(C)CC1. The van der Waals surface area contributed by atoms with Crippen molar-refractivity contribution < 1.29 is 0 Å². The summed E-state index contributed by atoms with van der Waals surface area (Å²) in [5.74, 6) is 0.716. The standard InChI is InChI=1S/C17H26ClN/c1-4-19-16(14-7-5-6-8-15(14)18)13-9-11-17(2,3)12-10-13/h5-8,13,16,19H,4,9-12H2,1-3H3.